The highest BCUT2D eigenvalue weighted by molar-refractivity contribution is 5.86. The summed E-state index contributed by atoms with van der Waals surface area (Å²) in [6.45, 7) is 13.4. The first-order chi connectivity index (χ1) is 13.1. The Morgan fingerprint density at radius 3 is 1.57 bits per heavy atom. The third-order valence-corrected chi connectivity index (χ3v) is 5.27. The average molecular weight is 373 g/mol. The molecule has 0 spiro atoms. The van der Waals surface area contributed by atoms with Crippen LogP contribution in [0.2, 0.25) is 0 Å². The Labute approximate surface area is 168 Å². The second-order valence-electron chi connectivity index (χ2n) is 9.51. The molecule has 2 heterocycles. The fourth-order valence-corrected chi connectivity index (χ4v) is 3.51. The van der Waals surface area contributed by atoms with E-state index in [1.807, 2.05) is 24.5 Å². The lowest BCUT2D eigenvalue weighted by atomic mass is 9.86. The molecular weight excluding hydrogens is 344 g/mol. The number of ether oxygens (including phenoxy) is 1. The van der Waals surface area contributed by atoms with Gasteiger partial charge in [0.2, 0.25) is 0 Å². The van der Waals surface area contributed by atoms with Crippen LogP contribution >= 0.6 is 0 Å². The molecule has 0 fully saturated rings. The van der Waals surface area contributed by atoms with Crippen molar-refractivity contribution in [2.75, 3.05) is 4.90 Å². The Morgan fingerprint density at radius 2 is 1.14 bits per heavy atom. The molecule has 0 amide bonds. The van der Waals surface area contributed by atoms with Crippen LogP contribution in [0.3, 0.4) is 0 Å². The smallest absolute Gasteiger partial charge is 0.151 e. The predicted octanol–water partition coefficient (Wildman–Crippen LogP) is 7.25. The van der Waals surface area contributed by atoms with Gasteiger partial charge in [0.15, 0.2) is 11.5 Å². The summed E-state index contributed by atoms with van der Waals surface area (Å²) in [4.78, 5) is 6.45. The lowest BCUT2D eigenvalue weighted by molar-refractivity contribution is 0.469. The Hall–Kier alpha value is -2.81. The first-order valence-corrected chi connectivity index (χ1v) is 9.82. The number of rotatable bonds is 1. The third-order valence-electron chi connectivity index (χ3n) is 5.27. The summed E-state index contributed by atoms with van der Waals surface area (Å²) in [5.41, 5.74) is 5.83. The zero-order valence-corrected chi connectivity index (χ0v) is 17.6. The highest BCUT2D eigenvalue weighted by Crippen LogP contribution is 2.51. The van der Waals surface area contributed by atoms with Crippen LogP contribution in [0, 0.1) is 0 Å². The maximum atomic E-state index is 6.44. The van der Waals surface area contributed by atoms with E-state index in [0.717, 1.165) is 28.6 Å². The lowest BCUT2D eigenvalue weighted by Crippen LogP contribution is -2.19. The summed E-state index contributed by atoms with van der Waals surface area (Å²) in [6, 6.07) is 17.2. The second-order valence-corrected chi connectivity index (χ2v) is 9.51. The molecule has 0 saturated heterocycles. The van der Waals surface area contributed by atoms with Crippen molar-refractivity contribution >= 4 is 17.1 Å². The van der Waals surface area contributed by atoms with E-state index in [1.54, 1.807) is 0 Å². The monoisotopic (exact) mass is 372 g/mol. The summed E-state index contributed by atoms with van der Waals surface area (Å²) >= 11 is 0. The van der Waals surface area contributed by atoms with Gasteiger partial charge in [-0.05, 0) is 58.4 Å². The van der Waals surface area contributed by atoms with E-state index >= 15 is 0 Å². The molecule has 0 unspecified atom stereocenters. The largest absolute Gasteiger partial charge is 0.453 e. The molecule has 1 aliphatic heterocycles. The molecular formula is C25H28N2O. The second kappa shape index (κ2) is 6.37. The fraction of sp³-hybridized carbons (Fsp3) is 0.320. The van der Waals surface area contributed by atoms with Crippen LogP contribution in [0.25, 0.3) is 0 Å². The van der Waals surface area contributed by atoms with Gasteiger partial charge < -0.3 is 9.64 Å². The van der Waals surface area contributed by atoms with Gasteiger partial charge in [0.1, 0.15) is 0 Å². The van der Waals surface area contributed by atoms with Gasteiger partial charge in [-0.2, -0.15) is 0 Å². The molecule has 1 aliphatic rings. The van der Waals surface area contributed by atoms with Crippen LogP contribution < -0.4 is 9.64 Å². The molecule has 3 heteroatoms. The number of pyridine rings is 1. The molecule has 0 N–H and O–H groups in total. The summed E-state index contributed by atoms with van der Waals surface area (Å²) in [5, 5.41) is 0. The highest BCUT2D eigenvalue weighted by Gasteiger charge is 2.29. The zero-order valence-electron chi connectivity index (χ0n) is 17.6. The van der Waals surface area contributed by atoms with Crippen molar-refractivity contribution in [1.29, 1.82) is 0 Å². The number of benzene rings is 2. The van der Waals surface area contributed by atoms with Gasteiger partial charge in [-0.25, -0.2) is 0 Å². The minimum atomic E-state index is 0.0629. The van der Waals surface area contributed by atoms with Crippen LogP contribution in [-0.2, 0) is 10.8 Å². The van der Waals surface area contributed by atoms with E-state index in [0.29, 0.717) is 0 Å². The average Bonchev–Trinajstić information content (AvgIpc) is 2.64. The van der Waals surface area contributed by atoms with Gasteiger partial charge in [0.05, 0.1) is 11.4 Å². The number of nitrogens with zero attached hydrogens (tertiary/aromatic N) is 2. The van der Waals surface area contributed by atoms with Gasteiger partial charge in [-0.3, -0.25) is 4.98 Å². The molecule has 0 aliphatic carbocycles. The SMILES string of the molecule is CC(C)(C)c1ccc2c(c1)Oc1cc(C(C)(C)C)ccc1N2c1ccncc1. The van der Waals surface area contributed by atoms with Crippen LogP contribution in [0.1, 0.15) is 52.7 Å². The molecule has 0 saturated carbocycles. The molecule has 0 atom stereocenters. The Kier molecular flexibility index (Phi) is 4.22. The van der Waals surface area contributed by atoms with Crippen molar-refractivity contribution in [3.05, 3.63) is 72.1 Å². The number of hydrogen-bond donors (Lipinski definition) is 0. The first-order valence-electron chi connectivity index (χ1n) is 9.82. The van der Waals surface area contributed by atoms with E-state index in [1.165, 1.54) is 11.1 Å². The van der Waals surface area contributed by atoms with Crippen LogP contribution in [0.4, 0.5) is 17.1 Å². The Bertz CT molecular complexity index is 947. The predicted molar refractivity (Wildman–Crippen MR) is 116 cm³/mol. The molecule has 144 valence electrons. The molecule has 1 aromatic heterocycles. The van der Waals surface area contributed by atoms with Crippen molar-refractivity contribution in [2.45, 2.75) is 52.4 Å². The summed E-state index contributed by atoms with van der Waals surface area (Å²) in [7, 11) is 0. The summed E-state index contributed by atoms with van der Waals surface area (Å²) in [6.07, 6.45) is 3.66. The van der Waals surface area contributed by atoms with Gasteiger partial charge in [0, 0.05) is 18.1 Å². The molecule has 28 heavy (non-hydrogen) atoms. The number of anilines is 3. The molecule has 0 radical (unpaired) electrons. The van der Waals surface area contributed by atoms with Gasteiger partial charge in [0.25, 0.3) is 0 Å². The van der Waals surface area contributed by atoms with Gasteiger partial charge >= 0.3 is 0 Å². The standard InChI is InChI=1S/C25H28N2O/c1-24(2,3)17-7-9-20-22(15-17)28-23-16-18(25(4,5)6)8-10-21(23)27(20)19-11-13-26-14-12-19/h7-16H,1-6H3. The topological polar surface area (TPSA) is 25.4 Å². The maximum Gasteiger partial charge on any atom is 0.151 e. The number of aromatic nitrogens is 1. The first kappa shape index (κ1) is 18.5. The normalized spacial score (nSPS) is 13.6. The van der Waals surface area contributed by atoms with E-state index in [9.17, 15) is 0 Å². The van der Waals surface area contributed by atoms with Crippen molar-refractivity contribution in [2.24, 2.45) is 0 Å². The van der Waals surface area contributed by atoms with Crippen molar-refractivity contribution < 1.29 is 4.74 Å². The maximum absolute atomic E-state index is 6.44. The third kappa shape index (κ3) is 3.26. The van der Waals surface area contributed by atoms with Crippen LogP contribution in [-0.4, -0.2) is 4.98 Å². The Balaban J connectivity index is 1.92. The van der Waals surface area contributed by atoms with Gasteiger partial charge in [-0.15, -0.1) is 0 Å². The number of fused-ring (bicyclic) bond motifs is 2. The summed E-state index contributed by atoms with van der Waals surface area (Å²) in [5.74, 6) is 1.78. The highest BCUT2D eigenvalue weighted by atomic mass is 16.5. The fourth-order valence-electron chi connectivity index (χ4n) is 3.51. The lowest BCUT2D eigenvalue weighted by Gasteiger charge is -2.35. The molecule has 4 rings (SSSR count). The van der Waals surface area contributed by atoms with Crippen LogP contribution in [0.5, 0.6) is 11.5 Å². The molecule has 3 nitrogen and oxygen atoms in total. The van der Waals surface area contributed by atoms with Crippen molar-refractivity contribution in [1.82, 2.24) is 4.98 Å². The van der Waals surface area contributed by atoms with Crippen molar-refractivity contribution in [3.63, 3.8) is 0 Å². The summed E-state index contributed by atoms with van der Waals surface area (Å²) < 4.78 is 6.44. The quantitative estimate of drug-likeness (QED) is 0.352. The van der Waals surface area contributed by atoms with E-state index < -0.39 is 0 Å². The van der Waals surface area contributed by atoms with Crippen LogP contribution in [0.15, 0.2) is 60.9 Å². The van der Waals surface area contributed by atoms with Crippen molar-refractivity contribution in [3.8, 4) is 11.5 Å². The van der Waals surface area contributed by atoms with Gasteiger partial charge in [-0.1, -0.05) is 53.7 Å². The minimum Gasteiger partial charge on any atom is -0.453 e. The van der Waals surface area contributed by atoms with E-state index in [4.69, 9.17) is 4.74 Å². The molecule has 2 aromatic carbocycles. The molecule has 3 aromatic rings. The molecule has 0 bridgehead atoms. The van der Waals surface area contributed by atoms with E-state index in [-0.39, 0.29) is 10.8 Å². The van der Waals surface area contributed by atoms with E-state index in [2.05, 4.69) is 87.8 Å². The minimum absolute atomic E-state index is 0.0629. The number of hydrogen-bond acceptors (Lipinski definition) is 3. The Morgan fingerprint density at radius 1 is 0.679 bits per heavy atom. The zero-order chi connectivity index (χ0) is 20.1.